The summed E-state index contributed by atoms with van der Waals surface area (Å²) in [5, 5.41) is 5.38. The molecule has 2 heterocycles. The van der Waals surface area contributed by atoms with Crippen LogP contribution in [0.15, 0.2) is 24.4 Å². The van der Waals surface area contributed by atoms with Crippen molar-refractivity contribution in [1.82, 2.24) is 20.5 Å². The van der Waals surface area contributed by atoms with Crippen LogP contribution in [0.1, 0.15) is 24.5 Å². The lowest BCUT2D eigenvalue weighted by Gasteiger charge is -2.38. The fourth-order valence-corrected chi connectivity index (χ4v) is 2.13. The highest BCUT2D eigenvalue weighted by atomic mass is 16.2. The predicted molar refractivity (Wildman–Crippen MR) is 75.3 cm³/mol. The van der Waals surface area contributed by atoms with E-state index in [1.165, 1.54) is 0 Å². The highest BCUT2D eigenvalue weighted by molar-refractivity contribution is 5.76. The third-order valence-corrected chi connectivity index (χ3v) is 3.41. The van der Waals surface area contributed by atoms with Crippen molar-refractivity contribution in [3.8, 4) is 0 Å². The van der Waals surface area contributed by atoms with Crippen molar-refractivity contribution in [2.75, 3.05) is 26.7 Å². The van der Waals surface area contributed by atoms with Crippen molar-refractivity contribution < 1.29 is 9.59 Å². The van der Waals surface area contributed by atoms with Gasteiger partial charge in [-0.2, -0.15) is 0 Å². The Morgan fingerprint density at radius 2 is 2.20 bits per heavy atom. The molecule has 1 fully saturated rings. The number of hydrogen-bond donors (Lipinski definition) is 2. The Kier molecular flexibility index (Phi) is 4.92. The molecule has 1 aliphatic heterocycles. The number of nitrogens with zero attached hydrogens (tertiary/aromatic N) is 2. The third-order valence-electron chi connectivity index (χ3n) is 3.41. The third kappa shape index (κ3) is 3.69. The summed E-state index contributed by atoms with van der Waals surface area (Å²) in [6.45, 7) is 1.94. The molecule has 0 bridgehead atoms. The van der Waals surface area contributed by atoms with Gasteiger partial charge in [-0.1, -0.05) is 6.07 Å². The van der Waals surface area contributed by atoms with Crippen LogP contribution in [0.2, 0.25) is 0 Å². The maximum atomic E-state index is 11.8. The zero-order valence-electron chi connectivity index (χ0n) is 11.6. The van der Waals surface area contributed by atoms with Gasteiger partial charge in [-0.25, -0.2) is 4.79 Å². The molecule has 1 aromatic rings. The zero-order chi connectivity index (χ0) is 14.4. The topological polar surface area (TPSA) is 74.3 Å². The van der Waals surface area contributed by atoms with Crippen LogP contribution in [0.4, 0.5) is 4.79 Å². The van der Waals surface area contributed by atoms with E-state index in [1.807, 2.05) is 18.2 Å². The number of amides is 3. The molecule has 0 unspecified atom stereocenters. The van der Waals surface area contributed by atoms with Crippen LogP contribution < -0.4 is 10.6 Å². The lowest BCUT2D eigenvalue weighted by Crippen LogP contribution is -2.52. The summed E-state index contributed by atoms with van der Waals surface area (Å²) in [4.78, 5) is 28.9. The average molecular weight is 276 g/mol. The molecule has 2 rings (SSSR count). The van der Waals surface area contributed by atoms with Crippen molar-refractivity contribution in [2.24, 2.45) is 0 Å². The molecular weight excluding hydrogens is 256 g/mol. The van der Waals surface area contributed by atoms with Crippen molar-refractivity contribution in [2.45, 2.75) is 18.8 Å². The number of carbonyl (C=O) groups is 2. The SMILES string of the molecule is CNC(=O)CCCNC(=O)N1CC(c2ccccn2)C1. The molecule has 0 saturated carbocycles. The van der Waals surface area contributed by atoms with Gasteiger partial charge in [0.15, 0.2) is 0 Å². The number of hydrogen-bond acceptors (Lipinski definition) is 3. The fraction of sp³-hybridized carbons (Fsp3) is 0.500. The highest BCUT2D eigenvalue weighted by Gasteiger charge is 2.32. The summed E-state index contributed by atoms with van der Waals surface area (Å²) in [7, 11) is 1.61. The molecule has 2 N–H and O–H groups in total. The number of nitrogens with one attached hydrogen (secondary N) is 2. The van der Waals surface area contributed by atoms with Gasteiger partial charge in [-0.3, -0.25) is 9.78 Å². The molecule has 1 aliphatic rings. The number of aromatic nitrogens is 1. The Balaban J connectivity index is 1.63. The first-order valence-electron chi connectivity index (χ1n) is 6.85. The first kappa shape index (κ1) is 14.3. The molecule has 0 aromatic carbocycles. The van der Waals surface area contributed by atoms with E-state index in [0.29, 0.717) is 38.4 Å². The van der Waals surface area contributed by atoms with Gasteiger partial charge in [0.1, 0.15) is 0 Å². The van der Waals surface area contributed by atoms with E-state index < -0.39 is 0 Å². The number of carbonyl (C=O) groups excluding carboxylic acids is 2. The number of likely N-dealkylation sites (tertiary alicyclic amines) is 1. The Hall–Kier alpha value is -2.11. The minimum absolute atomic E-state index is 0.00147. The second kappa shape index (κ2) is 6.88. The molecular formula is C14H20N4O2. The molecule has 0 spiro atoms. The van der Waals surface area contributed by atoms with Crippen LogP contribution in [0.5, 0.6) is 0 Å². The van der Waals surface area contributed by atoms with Gasteiger partial charge < -0.3 is 15.5 Å². The monoisotopic (exact) mass is 276 g/mol. The number of urea groups is 1. The van der Waals surface area contributed by atoms with Gasteiger partial charge in [0.05, 0.1) is 0 Å². The van der Waals surface area contributed by atoms with Gasteiger partial charge in [-0.15, -0.1) is 0 Å². The number of pyridine rings is 1. The van der Waals surface area contributed by atoms with E-state index in [9.17, 15) is 9.59 Å². The van der Waals surface area contributed by atoms with Crippen LogP contribution >= 0.6 is 0 Å². The smallest absolute Gasteiger partial charge is 0.317 e. The molecule has 6 heteroatoms. The molecule has 1 aromatic heterocycles. The molecule has 3 amide bonds. The molecule has 0 aliphatic carbocycles. The minimum Gasteiger partial charge on any atom is -0.359 e. The summed E-state index contributed by atoms with van der Waals surface area (Å²) in [5.74, 6) is 0.339. The summed E-state index contributed by atoms with van der Waals surface area (Å²) >= 11 is 0. The first-order chi connectivity index (χ1) is 9.70. The second-order valence-electron chi connectivity index (χ2n) is 4.87. The normalized spacial score (nSPS) is 14.6. The summed E-state index contributed by atoms with van der Waals surface area (Å²) in [5.41, 5.74) is 1.04. The molecule has 6 nitrogen and oxygen atoms in total. The molecule has 0 radical (unpaired) electrons. The van der Waals surface area contributed by atoms with Crippen LogP contribution in [0.3, 0.4) is 0 Å². The maximum Gasteiger partial charge on any atom is 0.317 e. The highest BCUT2D eigenvalue weighted by Crippen LogP contribution is 2.24. The van der Waals surface area contributed by atoms with Gasteiger partial charge >= 0.3 is 6.03 Å². The Morgan fingerprint density at radius 3 is 2.85 bits per heavy atom. The van der Waals surface area contributed by atoms with Gasteiger partial charge in [0.2, 0.25) is 5.91 Å². The second-order valence-corrected chi connectivity index (χ2v) is 4.87. The van der Waals surface area contributed by atoms with Crippen molar-refractivity contribution >= 4 is 11.9 Å². The Bertz CT molecular complexity index is 458. The van der Waals surface area contributed by atoms with E-state index in [1.54, 1.807) is 18.1 Å². The van der Waals surface area contributed by atoms with Gasteiger partial charge in [-0.05, 0) is 18.6 Å². The largest absolute Gasteiger partial charge is 0.359 e. The van der Waals surface area contributed by atoms with E-state index in [0.717, 1.165) is 5.69 Å². The van der Waals surface area contributed by atoms with E-state index in [4.69, 9.17) is 0 Å². The average Bonchev–Trinajstić information content (AvgIpc) is 2.43. The van der Waals surface area contributed by atoms with Crippen LogP contribution in [0, 0.1) is 0 Å². The van der Waals surface area contributed by atoms with Crippen LogP contribution in [0.25, 0.3) is 0 Å². The Labute approximate surface area is 118 Å². The molecule has 1 saturated heterocycles. The summed E-state index contributed by atoms with van der Waals surface area (Å²) in [6.07, 6.45) is 2.87. The van der Waals surface area contributed by atoms with E-state index in [-0.39, 0.29) is 11.9 Å². The maximum absolute atomic E-state index is 11.8. The van der Waals surface area contributed by atoms with Crippen LogP contribution in [-0.4, -0.2) is 48.5 Å². The Morgan fingerprint density at radius 1 is 1.40 bits per heavy atom. The first-order valence-corrected chi connectivity index (χ1v) is 6.85. The van der Waals surface area contributed by atoms with Crippen molar-refractivity contribution in [3.05, 3.63) is 30.1 Å². The van der Waals surface area contributed by atoms with E-state index in [2.05, 4.69) is 15.6 Å². The van der Waals surface area contributed by atoms with Crippen molar-refractivity contribution in [3.63, 3.8) is 0 Å². The van der Waals surface area contributed by atoms with Gasteiger partial charge in [0.25, 0.3) is 0 Å². The van der Waals surface area contributed by atoms with Crippen LogP contribution in [-0.2, 0) is 4.79 Å². The quantitative estimate of drug-likeness (QED) is 0.778. The summed E-state index contributed by atoms with van der Waals surface area (Å²) in [6, 6.07) is 5.78. The van der Waals surface area contributed by atoms with E-state index >= 15 is 0 Å². The number of rotatable bonds is 5. The molecule has 108 valence electrons. The fourth-order valence-electron chi connectivity index (χ4n) is 2.13. The lowest BCUT2D eigenvalue weighted by atomic mass is 9.96. The van der Waals surface area contributed by atoms with Crippen molar-refractivity contribution in [1.29, 1.82) is 0 Å². The predicted octanol–water partition coefficient (Wildman–Crippen LogP) is 0.717. The lowest BCUT2D eigenvalue weighted by molar-refractivity contribution is -0.120. The van der Waals surface area contributed by atoms with Gasteiger partial charge in [0, 0.05) is 50.9 Å². The summed E-state index contributed by atoms with van der Waals surface area (Å²) < 4.78 is 0. The molecule has 20 heavy (non-hydrogen) atoms. The standard InChI is InChI=1S/C14H20N4O2/c1-15-13(19)6-4-8-17-14(20)18-9-11(10-18)12-5-2-3-7-16-12/h2-3,5,7,11H,4,6,8-10H2,1H3,(H,15,19)(H,17,20). The molecule has 0 atom stereocenters. The minimum atomic E-state index is -0.0610. The zero-order valence-corrected chi connectivity index (χ0v) is 11.6.